The predicted octanol–water partition coefficient (Wildman–Crippen LogP) is 3.87. The molecule has 0 aromatic carbocycles. The van der Waals surface area contributed by atoms with Crippen molar-refractivity contribution in [1.29, 1.82) is 0 Å². The van der Waals surface area contributed by atoms with E-state index in [-0.39, 0.29) is 11.1 Å². The van der Waals surface area contributed by atoms with E-state index in [1.54, 1.807) is 11.3 Å². The number of fused-ring (bicyclic) bond motifs is 7. The van der Waals surface area contributed by atoms with Gasteiger partial charge in [0.05, 0.1) is 6.04 Å². The van der Waals surface area contributed by atoms with Gasteiger partial charge in [-0.1, -0.05) is 55.5 Å². The molecule has 0 bridgehead atoms. The van der Waals surface area contributed by atoms with Crippen molar-refractivity contribution >= 4 is 0 Å². The van der Waals surface area contributed by atoms with Crippen molar-refractivity contribution in [3.63, 3.8) is 0 Å². The molecule has 2 aliphatic heterocycles. The lowest BCUT2D eigenvalue weighted by atomic mass is 9.53. The summed E-state index contributed by atoms with van der Waals surface area (Å²) in [5, 5.41) is 0. The zero-order valence-corrected chi connectivity index (χ0v) is 14.4. The topological polar surface area (TPSA) is 6.48 Å². The standard InChI is InChI=1S/C21H26N2/c1-20-13-12-17(20)16-9-5-7-11-19(16)23-18-10-6-4-8-15(18)14-22(3)21(20,23)2/h4-6,8-10,12-13,15,17-18H,7,11,14H2,1-3H3/t15?,17?,18?,20-,21+/m0/s1. The van der Waals surface area contributed by atoms with Crippen LogP contribution >= 0.6 is 0 Å². The van der Waals surface area contributed by atoms with Crippen LogP contribution in [0.1, 0.15) is 26.7 Å². The third-order valence-corrected chi connectivity index (χ3v) is 7.32. The Hall–Kier alpha value is -1.54. The molecule has 5 aliphatic rings. The van der Waals surface area contributed by atoms with E-state index in [4.69, 9.17) is 0 Å². The van der Waals surface area contributed by atoms with E-state index < -0.39 is 0 Å². The normalized spacial score (nSPS) is 46.9. The highest BCUT2D eigenvalue weighted by Crippen LogP contribution is 2.62. The Morgan fingerprint density at radius 1 is 1.13 bits per heavy atom. The quantitative estimate of drug-likeness (QED) is 0.627. The Balaban J connectivity index is 1.75. The minimum atomic E-state index is 0.0626. The van der Waals surface area contributed by atoms with E-state index in [1.165, 1.54) is 12.8 Å². The Morgan fingerprint density at radius 3 is 2.74 bits per heavy atom. The fourth-order valence-electron chi connectivity index (χ4n) is 5.74. The molecule has 3 unspecified atom stereocenters. The molecule has 0 amide bonds. The van der Waals surface area contributed by atoms with Crippen molar-refractivity contribution in [3.05, 3.63) is 59.9 Å². The van der Waals surface area contributed by atoms with E-state index in [0.29, 0.717) is 17.9 Å². The van der Waals surface area contributed by atoms with Crippen LogP contribution in [0.2, 0.25) is 0 Å². The van der Waals surface area contributed by atoms with Crippen LogP contribution in [-0.4, -0.2) is 35.1 Å². The van der Waals surface area contributed by atoms with Crippen LogP contribution in [0.15, 0.2) is 59.9 Å². The van der Waals surface area contributed by atoms with Crippen LogP contribution in [0, 0.1) is 17.3 Å². The van der Waals surface area contributed by atoms with Crippen LogP contribution < -0.4 is 0 Å². The molecule has 0 radical (unpaired) electrons. The van der Waals surface area contributed by atoms with Crippen LogP contribution in [0.25, 0.3) is 0 Å². The van der Waals surface area contributed by atoms with Gasteiger partial charge in [-0.15, -0.1) is 0 Å². The first kappa shape index (κ1) is 13.9. The summed E-state index contributed by atoms with van der Waals surface area (Å²) in [4.78, 5) is 5.41. The summed E-state index contributed by atoms with van der Waals surface area (Å²) in [6.07, 6.45) is 21.4. The summed E-state index contributed by atoms with van der Waals surface area (Å²) >= 11 is 0. The fourth-order valence-corrected chi connectivity index (χ4v) is 5.74. The average molecular weight is 306 g/mol. The van der Waals surface area contributed by atoms with Gasteiger partial charge in [0.15, 0.2) is 0 Å². The first-order chi connectivity index (χ1) is 11.1. The molecule has 0 aromatic rings. The number of rotatable bonds is 0. The van der Waals surface area contributed by atoms with Crippen molar-refractivity contribution in [2.24, 2.45) is 17.3 Å². The summed E-state index contributed by atoms with van der Waals surface area (Å²) in [5.41, 5.74) is 3.44. The number of hydrogen-bond acceptors (Lipinski definition) is 2. The van der Waals surface area contributed by atoms with Gasteiger partial charge in [0.25, 0.3) is 0 Å². The second-order valence-electron chi connectivity index (χ2n) is 8.16. The largest absolute Gasteiger partial charge is 0.349 e. The summed E-state index contributed by atoms with van der Waals surface area (Å²) in [7, 11) is 2.33. The molecule has 0 spiro atoms. The van der Waals surface area contributed by atoms with E-state index in [1.807, 2.05) is 0 Å². The number of hydrogen-bond donors (Lipinski definition) is 0. The summed E-state index contributed by atoms with van der Waals surface area (Å²) in [6.45, 7) is 6.09. The van der Waals surface area contributed by atoms with E-state index in [9.17, 15) is 0 Å². The molecule has 0 saturated carbocycles. The SMILES string of the molecule is CN1CC2C=CC=CC2N2C3=C(C=CCC3)C3C=C[C@]3(C)[C@]12C. The molecule has 1 fully saturated rings. The lowest BCUT2D eigenvalue weighted by Gasteiger charge is -2.70. The molecule has 120 valence electrons. The third kappa shape index (κ3) is 1.45. The third-order valence-electron chi connectivity index (χ3n) is 7.32. The van der Waals surface area contributed by atoms with Gasteiger partial charge in [-0.05, 0) is 32.4 Å². The second-order valence-corrected chi connectivity index (χ2v) is 8.16. The zero-order valence-electron chi connectivity index (χ0n) is 14.4. The Morgan fingerprint density at radius 2 is 1.96 bits per heavy atom. The molecule has 0 N–H and O–H groups in total. The monoisotopic (exact) mass is 306 g/mol. The maximum absolute atomic E-state index is 2.79. The molecular weight excluding hydrogens is 280 g/mol. The molecular formula is C21H26N2. The molecule has 5 atom stereocenters. The molecule has 2 nitrogen and oxygen atoms in total. The van der Waals surface area contributed by atoms with Gasteiger partial charge >= 0.3 is 0 Å². The van der Waals surface area contributed by atoms with Crippen molar-refractivity contribution in [2.45, 2.75) is 38.4 Å². The van der Waals surface area contributed by atoms with E-state index in [2.05, 4.69) is 79.3 Å². The Labute approximate surface area is 139 Å². The highest BCUT2D eigenvalue weighted by molar-refractivity contribution is 5.48. The van der Waals surface area contributed by atoms with Gasteiger partial charge in [0.2, 0.25) is 0 Å². The average Bonchev–Trinajstić information content (AvgIpc) is 2.54. The molecule has 0 aromatic heterocycles. The smallest absolute Gasteiger partial charge is 0.100 e. The molecule has 2 heteroatoms. The summed E-state index contributed by atoms with van der Waals surface area (Å²) in [6, 6.07) is 0.504. The highest BCUT2D eigenvalue weighted by atomic mass is 15.5. The van der Waals surface area contributed by atoms with Gasteiger partial charge in [-0.3, -0.25) is 4.90 Å². The van der Waals surface area contributed by atoms with Gasteiger partial charge in [0, 0.05) is 29.5 Å². The van der Waals surface area contributed by atoms with Gasteiger partial charge in [-0.2, -0.15) is 0 Å². The van der Waals surface area contributed by atoms with Crippen LogP contribution in [0.4, 0.5) is 0 Å². The van der Waals surface area contributed by atoms with E-state index in [0.717, 1.165) is 6.54 Å². The zero-order chi connectivity index (χ0) is 15.8. The van der Waals surface area contributed by atoms with Crippen LogP contribution in [0.3, 0.4) is 0 Å². The first-order valence-corrected chi connectivity index (χ1v) is 9.02. The highest BCUT2D eigenvalue weighted by Gasteiger charge is 2.64. The number of allylic oxidation sites excluding steroid dienone is 7. The summed E-state index contributed by atoms with van der Waals surface area (Å²) in [5.74, 6) is 1.18. The van der Waals surface area contributed by atoms with Gasteiger partial charge in [0.1, 0.15) is 5.66 Å². The van der Waals surface area contributed by atoms with E-state index >= 15 is 0 Å². The van der Waals surface area contributed by atoms with Crippen molar-refractivity contribution in [1.82, 2.24) is 9.80 Å². The van der Waals surface area contributed by atoms with Crippen LogP contribution in [-0.2, 0) is 0 Å². The van der Waals surface area contributed by atoms with Crippen molar-refractivity contribution in [3.8, 4) is 0 Å². The minimum Gasteiger partial charge on any atom is -0.349 e. The Kier molecular flexibility index (Phi) is 2.59. The van der Waals surface area contributed by atoms with Gasteiger partial charge in [-0.25, -0.2) is 0 Å². The fraction of sp³-hybridized carbons (Fsp3) is 0.524. The second kappa shape index (κ2) is 4.30. The lowest BCUT2D eigenvalue weighted by molar-refractivity contribution is -0.164. The number of nitrogens with zero attached hydrogens (tertiary/aromatic N) is 2. The maximum atomic E-state index is 2.79. The molecule has 2 heterocycles. The molecule has 23 heavy (non-hydrogen) atoms. The van der Waals surface area contributed by atoms with Crippen molar-refractivity contribution in [2.75, 3.05) is 13.6 Å². The molecule has 5 rings (SSSR count). The lowest BCUT2D eigenvalue weighted by Crippen LogP contribution is -2.76. The van der Waals surface area contributed by atoms with Crippen molar-refractivity contribution < 1.29 is 0 Å². The first-order valence-electron chi connectivity index (χ1n) is 9.02. The summed E-state index contributed by atoms with van der Waals surface area (Å²) < 4.78 is 0. The maximum Gasteiger partial charge on any atom is 0.100 e. The predicted molar refractivity (Wildman–Crippen MR) is 94.6 cm³/mol. The minimum absolute atomic E-state index is 0.0626. The molecule has 3 aliphatic carbocycles. The Bertz CT molecular complexity index is 709. The van der Waals surface area contributed by atoms with Crippen LogP contribution in [0.5, 0.6) is 0 Å². The molecule has 1 saturated heterocycles. The van der Waals surface area contributed by atoms with Gasteiger partial charge < -0.3 is 4.90 Å².